The van der Waals surface area contributed by atoms with E-state index in [9.17, 15) is 4.79 Å². The maximum absolute atomic E-state index is 12.6. The molecule has 1 amide bonds. The Kier molecular flexibility index (Phi) is 5.05. The standard InChI is InChI=1S/C14H25N5OS/c1-4-10(5-2)18(3)13(20)11-12(16)17-14(21-11)19-7-6-9(15)8-19/h9-10H,4-8,15-16H2,1-3H3. The minimum atomic E-state index is -0.0338. The second-order valence-corrected chi connectivity index (χ2v) is 6.57. The molecule has 7 heteroatoms. The number of hydrogen-bond donors (Lipinski definition) is 2. The predicted octanol–water partition coefficient (Wildman–Crippen LogP) is 1.52. The van der Waals surface area contributed by atoms with Gasteiger partial charge >= 0.3 is 0 Å². The maximum Gasteiger partial charge on any atom is 0.267 e. The van der Waals surface area contributed by atoms with Gasteiger partial charge in [0.2, 0.25) is 0 Å². The van der Waals surface area contributed by atoms with Crippen molar-refractivity contribution in [2.45, 2.75) is 45.2 Å². The van der Waals surface area contributed by atoms with E-state index in [0.717, 1.165) is 37.5 Å². The molecule has 0 aliphatic carbocycles. The summed E-state index contributed by atoms with van der Waals surface area (Å²) in [6, 6.07) is 0.421. The van der Waals surface area contributed by atoms with E-state index in [1.54, 1.807) is 4.90 Å². The third-order valence-corrected chi connectivity index (χ3v) is 5.26. The third kappa shape index (κ3) is 3.29. The van der Waals surface area contributed by atoms with Crippen LogP contribution in [0.1, 0.15) is 42.8 Å². The van der Waals surface area contributed by atoms with Crippen LogP contribution in [0.2, 0.25) is 0 Å². The topological polar surface area (TPSA) is 88.5 Å². The molecule has 1 fully saturated rings. The molecule has 0 saturated carbocycles. The molecule has 1 aliphatic heterocycles. The van der Waals surface area contributed by atoms with Gasteiger partial charge in [-0.3, -0.25) is 4.79 Å². The SMILES string of the molecule is CCC(CC)N(C)C(=O)c1sc(N2CCC(N)C2)nc1N. The lowest BCUT2D eigenvalue weighted by Gasteiger charge is -2.25. The Morgan fingerprint density at radius 2 is 2.19 bits per heavy atom. The maximum atomic E-state index is 12.6. The number of nitrogens with two attached hydrogens (primary N) is 2. The first-order valence-corrected chi connectivity index (χ1v) is 8.33. The fourth-order valence-electron chi connectivity index (χ4n) is 2.73. The van der Waals surface area contributed by atoms with Crippen LogP contribution in [-0.4, -0.2) is 48.0 Å². The highest BCUT2D eigenvalue weighted by molar-refractivity contribution is 7.18. The Morgan fingerprint density at radius 1 is 1.52 bits per heavy atom. The highest BCUT2D eigenvalue weighted by Gasteiger charge is 2.27. The Balaban J connectivity index is 2.16. The summed E-state index contributed by atoms with van der Waals surface area (Å²) in [5, 5.41) is 0.807. The van der Waals surface area contributed by atoms with Gasteiger partial charge in [0.25, 0.3) is 5.91 Å². The van der Waals surface area contributed by atoms with Crippen LogP contribution in [0.4, 0.5) is 10.9 Å². The van der Waals surface area contributed by atoms with Crippen molar-refractivity contribution in [2.75, 3.05) is 30.8 Å². The van der Waals surface area contributed by atoms with Crippen molar-refractivity contribution < 1.29 is 4.79 Å². The van der Waals surface area contributed by atoms with Crippen LogP contribution in [0.15, 0.2) is 0 Å². The molecule has 1 aromatic rings. The first kappa shape index (κ1) is 16.0. The molecule has 1 aliphatic rings. The second kappa shape index (κ2) is 6.62. The van der Waals surface area contributed by atoms with Crippen LogP contribution < -0.4 is 16.4 Å². The van der Waals surface area contributed by atoms with E-state index >= 15 is 0 Å². The van der Waals surface area contributed by atoms with Crippen LogP contribution >= 0.6 is 11.3 Å². The van der Waals surface area contributed by atoms with Gasteiger partial charge in [0.05, 0.1) is 0 Å². The van der Waals surface area contributed by atoms with E-state index in [0.29, 0.717) is 10.7 Å². The number of aromatic nitrogens is 1. The molecule has 21 heavy (non-hydrogen) atoms. The number of carbonyl (C=O) groups excluding carboxylic acids is 1. The molecule has 0 bridgehead atoms. The summed E-state index contributed by atoms with van der Waals surface area (Å²) in [4.78, 5) is 21.4. The summed E-state index contributed by atoms with van der Waals surface area (Å²) in [6.07, 6.45) is 2.83. The minimum Gasteiger partial charge on any atom is -0.382 e. The summed E-state index contributed by atoms with van der Waals surface area (Å²) in [7, 11) is 1.84. The molecule has 2 heterocycles. The van der Waals surface area contributed by atoms with Crippen molar-refractivity contribution in [1.29, 1.82) is 0 Å². The smallest absolute Gasteiger partial charge is 0.267 e. The zero-order valence-corrected chi connectivity index (χ0v) is 13.8. The molecule has 2 rings (SSSR count). The lowest BCUT2D eigenvalue weighted by Crippen LogP contribution is -2.36. The van der Waals surface area contributed by atoms with Crippen LogP contribution in [0.25, 0.3) is 0 Å². The van der Waals surface area contributed by atoms with Crippen LogP contribution in [0.5, 0.6) is 0 Å². The number of hydrogen-bond acceptors (Lipinski definition) is 6. The lowest BCUT2D eigenvalue weighted by atomic mass is 10.1. The van der Waals surface area contributed by atoms with Crippen molar-refractivity contribution in [2.24, 2.45) is 5.73 Å². The molecular weight excluding hydrogens is 286 g/mol. The Hall–Kier alpha value is -1.34. The van der Waals surface area contributed by atoms with E-state index in [4.69, 9.17) is 11.5 Å². The molecule has 6 nitrogen and oxygen atoms in total. The number of anilines is 2. The average Bonchev–Trinajstić information content (AvgIpc) is 3.05. The van der Waals surface area contributed by atoms with Gasteiger partial charge in [-0.25, -0.2) is 4.98 Å². The summed E-state index contributed by atoms with van der Waals surface area (Å²) < 4.78 is 0. The normalized spacial score (nSPS) is 18.5. The molecule has 4 N–H and O–H groups in total. The fourth-order valence-corrected chi connectivity index (χ4v) is 3.74. The van der Waals surface area contributed by atoms with E-state index in [-0.39, 0.29) is 18.0 Å². The predicted molar refractivity (Wildman–Crippen MR) is 87.8 cm³/mol. The van der Waals surface area contributed by atoms with Crippen LogP contribution in [0.3, 0.4) is 0 Å². The van der Waals surface area contributed by atoms with E-state index in [2.05, 4.69) is 23.7 Å². The highest BCUT2D eigenvalue weighted by Crippen LogP contribution is 2.31. The molecule has 0 aromatic carbocycles. The summed E-state index contributed by atoms with van der Waals surface area (Å²) in [5.41, 5.74) is 11.9. The summed E-state index contributed by atoms with van der Waals surface area (Å²) in [6.45, 7) is 5.84. The molecule has 1 aromatic heterocycles. The largest absolute Gasteiger partial charge is 0.382 e. The second-order valence-electron chi connectivity index (χ2n) is 5.59. The van der Waals surface area contributed by atoms with Crippen molar-refractivity contribution in [3.63, 3.8) is 0 Å². The Bertz CT molecular complexity index is 500. The summed E-state index contributed by atoms with van der Waals surface area (Å²) in [5.74, 6) is 0.298. The van der Waals surface area contributed by atoms with Gasteiger partial charge in [0.15, 0.2) is 5.13 Å². The highest BCUT2D eigenvalue weighted by atomic mass is 32.1. The van der Waals surface area contributed by atoms with Gasteiger partial charge in [-0.05, 0) is 19.3 Å². The minimum absolute atomic E-state index is 0.0338. The summed E-state index contributed by atoms with van der Waals surface area (Å²) >= 11 is 1.38. The van der Waals surface area contributed by atoms with Gasteiger partial charge in [0.1, 0.15) is 10.7 Å². The number of nitrogens with zero attached hydrogens (tertiary/aromatic N) is 3. The Labute approximate surface area is 130 Å². The monoisotopic (exact) mass is 311 g/mol. The average molecular weight is 311 g/mol. The van der Waals surface area contributed by atoms with Crippen LogP contribution in [0, 0.1) is 0 Å². The van der Waals surface area contributed by atoms with Crippen molar-refractivity contribution >= 4 is 28.2 Å². The van der Waals surface area contributed by atoms with Gasteiger partial charge < -0.3 is 21.3 Å². The number of nitrogen functional groups attached to an aromatic ring is 1. The van der Waals surface area contributed by atoms with Crippen LogP contribution in [-0.2, 0) is 0 Å². The van der Waals surface area contributed by atoms with Crippen molar-refractivity contribution in [1.82, 2.24) is 9.88 Å². The van der Waals surface area contributed by atoms with Gasteiger partial charge in [-0.2, -0.15) is 0 Å². The van der Waals surface area contributed by atoms with Gasteiger partial charge in [-0.1, -0.05) is 25.2 Å². The zero-order valence-electron chi connectivity index (χ0n) is 13.0. The van der Waals surface area contributed by atoms with E-state index in [1.807, 2.05) is 7.05 Å². The Morgan fingerprint density at radius 3 is 2.71 bits per heavy atom. The molecule has 118 valence electrons. The third-order valence-electron chi connectivity index (χ3n) is 4.14. The quantitative estimate of drug-likeness (QED) is 0.861. The van der Waals surface area contributed by atoms with Crippen molar-refractivity contribution in [3.05, 3.63) is 4.88 Å². The van der Waals surface area contributed by atoms with E-state index < -0.39 is 0 Å². The number of carbonyl (C=O) groups is 1. The molecule has 0 radical (unpaired) electrons. The first-order valence-electron chi connectivity index (χ1n) is 7.51. The number of thiazole rings is 1. The van der Waals surface area contributed by atoms with E-state index in [1.165, 1.54) is 11.3 Å². The lowest BCUT2D eigenvalue weighted by molar-refractivity contribution is 0.0729. The molecule has 1 atom stereocenters. The molecule has 1 unspecified atom stereocenters. The molecule has 0 spiro atoms. The number of rotatable bonds is 5. The first-order chi connectivity index (χ1) is 9.97. The fraction of sp³-hybridized carbons (Fsp3) is 0.714. The van der Waals surface area contributed by atoms with Gasteiger partial charge in [0, 0.05) is 32.2 Å². The zero-order chi connectivity index (χ0) is 15.6. The van der Waals surface area contributed by atoms with Gasteiger partial charge in [-0.15, -0.1) is 0 Å². The van der Waals surface area contributed by atoms with Crippen molar-refractivity contribution in [3.8, 4) is 0 Å². The number of amides is 1. The molecule has 1 saturated heterocycles. The molecular formula is C14H25N5OS.